The van der Waals surface area contributed by atoms with Crippen molar-refractivity contribution >= 4 is 17.7 Å². The average molecular weight is 224 g/mol. The molecule has 0 heterocycles. The maximum absolute atomic E-state index is 11.3. The summed E-state index contributed by atoms with van der Waals surface area (Å²) in [7, 11) is 1.44. The minimum Gasteiger partial charge on any atom is -0.468 e. The van der Waals surface area contributed by atoms with E-state index in [0.717, 1.165) is 12.2 Å². The zero-order valence-corrected chi connectivity index (χ0v) is 9.92. The smallest absolute Gasteiger partial charge is 0.318 e. The lowest BCUT2D eigenvalue weighted by atomic mass is 10.2. The monoisotopic (exact) mass is 224 g/mol. The molecule has 0 bridgehead atoms. The van der Waals surface area contributed by atoms with E-state index in [4.69, 9.17) is 4.74 Å². The Morgan fingerprint density at radius 2 is 2.07 bits per heavy atom. The number of carbonyl (C=O) groups is 1. The molecule has 0 aliphatic heterocycles. The van der Waals surface area contributed by atoms with Crippen molar-refractivity contribution in [1.82, 2.24) is 0 Å². The van der Waals surface area contributed by atoms with Crippen LogP contribution in [0.5, 0.6) is 0 Å². The topological polar surface area (TPSA) is 26.3 Å². The number of rotatable bonds is 5. The molecule has 0 spiro atoms. The van der Waals surface area contributed by atoms with Crippen LogP contribution < -0.4 is 0 Å². The number of hydrogen-bond acceptors (Lipinski definition) is 3. The molecule has 0 aromatic heterocycles. The van der Waals surface area contributed by atoms with Crippen LogP contribution in [0.1, 0.15) is 18.9 Å². The van der Waals surface area contributed by atoms with Gasteiger partial charge in [0.15, 0.2) is 0 Å². The fraction of sp³-hybridized carbons (Fsp3) is 0.417. The summed E-state index contributed by atoms with van der Waals surface area (Å²) in [4.78, 5) is 11.3. The van der Waals surface area contributed by atoms with E-state index in [9.17, 15) is 4.79 Å². The van der Waals surface area contributed by atoms with Gasteiger partial charge in [-0.3, -0.25) is 4.79 Å². The molecule has 0 fully saturated rings. The lowest BCUT2D eigenvalue weighted by Gasteiger charge is -2.11. The first-order valence-corrected chi connectivity index (χ1v) is 6.06. The lowest BCUT2D eigenvalue weighted by molar-refractivity contribution is -0.140. The van der Waals surface area contributed by atoms with Gasteiger partial charge in [0.2, 0.25) is 0 Å². The van der Waals surface area contributed by atoms with Gasteiger partial charge < -0.3 is 4.74 Å². The summed E-state index contributed by atoms with van der Waals surface area (Å²) in [5.74, 6) is 0.729. The molecule has 1 atom stereocenters. The normalized spacial score (nSPS) is 12.1. The van der Waals surface area contributed by atoms with Crippen LogP contribution in [0.3, 0.4) is 0 Å². The van der Waals surface area contributed by atoms with Gasteiger partial charge in [-0.25, -0.2) is 0 Å². The first-order chi connectivity index (χ1) is 7.27. The summed E-state index contributed by atoms with van der Waals surface area (Å²) in [5, 5.41) is -0.0461. The molecule has 1 aromatic carbocycles. The maximum atomic E-state index is 11.3. The first-order valence-electron chi connectivity index (χ1n) is 5.01. The number of ether oxygens (including phenoxy) is 1. The Morgan fingerprint density at radius 1 is 1.40 bits per heavy atom. The number of carbonyl (C=O) groups excluding carboxylic acids is 1. The third-order valence-electron chi connectivity index (χ3n) is 2.13. The van der Waals surface area contributed by atoms with Gasteiger partial charge in [-0.2, -0.15) is 0 Å². The van der Waals surface area contributed by atoms with Crippen molar-refractivity contribution in [2.24, 2.45) is 0 Å². The largest absolute Gasteiger partial charge is 0.468 e. The van der Waals surface area contributed by atoms with Crippen LogP contribution in [0.4, 0.5) is 0 Å². The van der Waals surface area contributed by atoms with E-state index in [-0.39, 0.29) is 11.2 Å². The predicted octanol–water partition coefficient (Wildman–Crippen LogP) is 2.87. The van der Waals surface area contributed by atoms with Gasteiger partial charge in [0.1, 0.15) is 5.25 Å². The Labute approximate surface area is 95.0 Å². The van der Waals surface area contributed by atoms with Crippen LogP contribution in [0, 0.1) is 0 Å². The molecule has 1 rings (SSSR count). The summed E-state index contributed by atoms with van der Waals surface area (Å²) in [6.07, 6.45) is 0.810. The number of thioether (sulfide) groups is 1. The SMILES string of the molecule is CCC(SCc1ccccc1)C(=O)OC. The van der Waals surface area contributed by atoms with Gasteiger partial charge in [-0.05, 0) is 12.0 Å². The quantitative estimate of drug-likeness (QED) is 0.719. The predicted molar refractivity (Wildman–Crippen MR) is 63.8 cm³/mol. The highest BCUT2D eigenvalue weighted by Gasteiger charge is 2.16. The number of hydrogen-bond donors (Lipinski definition) is 0. The Kier molecular flexibility index (Phi) is 5.26. The lowest BCUT2D eigenvalue weighted by Crippen LogP contribution is -2.17. The molecule has 1 unspecified atom stereocenters. The standard InChI is InChI=1S/C12H16O2S/c1-3-11(12(13)14-2)15-9-10-7-5-4-6-8-10/h4-8,11H,3,9H2,1-2H3. The highest BCUT2D eigenvalue weighted by atomic mass is 32.2. The summed E-state index contributed by atoms with van der Waals surface area (Å²) < 4.78 is 4.73. The van der Waals surface area contributed by atoms with Gasteiger partial charge >= 0.3 is 5.97 Å². The second-order valence-corrected chi connectivity index (χ2v) is 4.41. The fourth-order valence-corrected chi connectivity index (χ4v) is 2.31. The van der Waals surface area contributed by atoms with E-state index >= 15 is 0 Å². The number of esters is 1. The van der Waals surface area contributed by atoms with E-state index in [1.165, 1.54) is 12.7 Å². The number of methoxy groups -OCH3 is 1. The van der Waals surface area contributed by atoms with Crippen LogP contribution in [-0.4, -0.2) is 18.3 Å². The zero-order valence-electron chi connectivity index (χ0n) is 9.10. The first kappa shape index (κ1) is 12.1. The molecule has 15 heavy (non-hydrogen) atoms. The van der Waals surface area contributed by atoms with Crippen molar-refractivity contribution in [2.45, 2.75) is 24.3 Å². The van der Waals surface area contributed by atoms with Crippen LogP contribution >= 0.6 is 11.8 Å². The van der Waals surface area contributed by atoms with Gasteiger partial charge in [0, 0.05) is 5.75 Å². The molecule has 0 radical (unpaired) electrons. The molecule has 3 heteroatoms. The van der Waals surface area contributed by atoms with E-state index in [2.05, 4.69) is 12.1 Å². The minimum absolute atomic E-state index is 0.0461. The maximum Gasteiger partial charge on any atom is 0.318 e. The highest BCUT2D eigenvalue weighted by Crippen LogP contribution is 2.20. The van der Waals surface area contributed by atoms with Crippen molar-refractivity contribution in [1.29, 1.82) is 0 Å². The van der Waals surface area contributed by atoms with E-state index in [1.54, 1.807) is 11.8 Å². The zero-order chi connectivity index (χ0) is 11.1. The summed E-state index contributed by atoms with van der Waals surface area (Å²) in [5.41, 5.74) is 1.24. The van der Waals surface area contributed by atoms with Crippen molar-refractivity contribution in [3.63, 3.8) is 0 Å². The molecule has 2 nitrogen and oxygen atoms in total. The van der Waals surface area contributed by atoms with Crippen LogP contribution in [0.2, 0.25) is 0 Å². The van der Waals surface area contributed by atoms with Gasteiger partial charge in [-0.1, -0.05) is 37.3 Å². The van der Waals surface area contributed by atoms with E-state index < -0.39 is 0 Å². The van der Waals surface area contributed by atoms with Crippen LogP contribution in [0.25, 0.3) is 0 Å². The second-order valence-electron chi connectivity index (χ2n) is 3.22. The van der Waals surface area contributed by atoms with E-state index in [0.29, 0.717) is 0 Å². The van der Waals surface area contributed by atoms with Crippen molar-refractivity contribution in [2.75, 3.05) is 7.11 Å². The third kappa shape index (κ3) is 3.96. The molecule has 0 aliphatic rings. The third-order valence-corrected chi connectivity index (χ3v) is 3.56. The molecule has 1 aromatic rings. The molecular formula is C12H16O2S. The van der Waals surface area contributed by atoms with Crippen LogP contribution in [-0.2, 0) is 15.3 Å². The van der Waals surface area contributed by atoms with Gasteiger partial charge in [0.05, 0.1) is 7.11 Å². The van der Waals surface area contributed by atoms with Crippen molar-refractivity contribution in [3.05, 3.63) is 35.9 Å². The van der Waals surface area contributed by atoms with Crippen molar-refractivity contribution in [3.8, 4) is 0 Å². The molecular weight excluding hydrogens is 208 g/mol. The molecule has 0 aliphatic carbocycles. The van der Waals surface area contributed by atoms with Crippen molar-refractivity contribution < 1.29 is 9.53 Å². The summed E-state index contributed by atoms with van der Waals surface area (Å²) >= 11 is 1.63. The van der Waals surface area contributed by atoms with Gasteiger partial charge in [-0.15, -0.1) is 11.8 Å². The van der Waals surface area contributed by atoms with Gasteiger partial charge in [0.25, 0.3) is 0 Å². The minimum atomic E-state index is -0.126. The Bertz CT molecular complexity index is 298. The molecule has 0 N–H and O–H groups in total. The number of benzene rings is 1. The molecule has 0 saturated heterocycles. The Balaban J connectivity index is 2.44. The second kappa shape index (κ2) is 6.51. The Hall–Kier alpha value is -0.960. The average Bonchev–Trinajstić information content (AvgIpc) is 2.31. The highest BCUT2D eigenvalue weighted by molar-refractivity contribution is 7.99. The fourth-order valence-electron chi connectivity index (χ4n) is 1.26. The summed E-state index contributed by atoms with van der Waals surface area (Å²) in [6.45, 7) is 2.00. The molecule has 0 amide bonds. The Morgan fingerprint density at radius 3 is 2.60 bits per heavy atom. The molecule has 82 valence electrons. The molecule has 0 saturated carbocycles. The van der Waals surface area contributed by atoms with E-state index in [1.807, 2.05) is 25.1 Å². The summed E-state index contributed by atoms with van der Waals surface area (Å²) in [6, 6.07) is 10.1. The van der Waals surface area contributed by atoms with Crippen LogP contribution in [0.15, 0.2) is 30.3 Å².